The number of aliphatic imine (C=N–C) groups is 1. The Hall–Kier alpha value is -4.03. The second-order valence-electron chi connectivity index (χ2n) is 7.18. The Morgan fingerprint density at radius 1 is 1.41 bits per heavy atom. The first-order valence-corrected chi connectivity index (χ1v) is 10.6. The van der Waals surface area contributed by atoms with Crippen LogP contribution in [0.4, 0.5) is 5.69 Å². The highest BCUT2D eigenvalue weighted by Gasteiger charge is 2.33. The number of carbonyl (C=O) groups is 1. The number of fused-ring (bicyclic) bond motifs is 4. The maximum Gasteiger partial charge on any atom is 0.432 e. The minimum absolute atomic E-state index is 0.0146. The Kier molecular flexibility index (Phi) is 4.92. The van der Waals surface area contributed by atoms with Crippen molar-refractivity contribution >= 4 is 51.5 Å². The molecule has 1 aromatic carbocycles. The van der Waals surface area contributed by atoms with E-state index < -0.39 is 0 Å². The molecular weight excluding hydrogens is 424 g/mol. The molecule has 1 aromatic heterocycles. The highest BCUT2D eigenvalue weighted by molar-refractivity contribution is 8.13. The second kappa shape index (κ2) is 7.90. The van der Waals surface area contributed by atoms with Gasteiger partial charge in [0.2, 0.25) is 11.6 Å². The van der Waals surface area contributed by atoms with E-state index in [-0.39, 0.29) is 12.5 Å². The van der Waals surface area contributed by atoms with Gasteiger partial charge in [-0.15, -0.1) is 4.67 Å². The van der Waals surface area contributed by atoms with E-state index >= 15 is 0 Å². The number of amidine groups is 1. The smallest absolute Gasteiger partial charge is 0.432 e. The molecule has 158 valence electrons. The van der Waals surface area contributed by atoms with E-state index in [2.05, 4.69) is 20.5 Å². The van der Waals surface area contributed by atoms with Crippen molar-refractivity contribution < 1.29 is 9.53 Å². The zero-order chi connectivity index (χ0) is 22.2. The Morgan fingerprint density at radius 2 is 2.28 bits per heavy atom. The number of nitrogens with zero attached hydrogens (tertiary/aromatic N) is 5. The molecule has 2 N–H and O–H groups in total. The first-order chi connectivity index (χ1) is 15.6. The SMILES string of the molecule is CN=CC(=CN)C1=CN2C(=C=[N+]=C2Sc2ccc3ncc4c(c3c2)OCC(=O)N4C)C=C1. The standard InChI is InChI=1S/C23H19N6O2S/c1-25-9-15(8-24)14-3-4-16-10-27-23(29(16)12-14)32-17-5-6-19-18(7-17)22-20(11-26-19)28(2)21(30)13-31-22/h3-9,11-12H,13,24H2,1-2H3/q+1. The number of anilines is 1. The van der Waals surface area contributed by atoms with Gasteiger partial charge in [-0.2, -0.15) is 4.90 Å². The molecule has 0 fully saturated rings. The van der Waals surface area contributed by atoms with E-state index in [0.29, 0.717) is 11.4 Å². The van der Waals surface area contributed by atoms with E-state index in [4.69, 9.17) is 10.5 Å². The molecule has 1 amide bonds. The van der Waals surface area contributed by atoms with Crippen LogP contribution < -0.4 is 20.0 Å². The van der Waals surface area contributed by atoms with Crippen molar-refractivity contribution in [2.75, 3.05) is 25.6 Å². The molecule has 4 heterocycles. The van der Waals surface area contributed by atoms with Crippen molar-refractivity contribution in [1.29, 1.82) is 0 Å². The van der Waals surface area contributed by atoms with Gasteiger partial charge in [-0.3, -0.25) is 14.8 Å². The number of ether oxygens (including phenoxy) is 1. The van der Waals surface area contributed by atoms with Crippen LogP contribution >= 0.6 is 11.8 Å². The number of carbonyl (C=O) groups excluding carboxylic acids is 1. The predicted molar refractivity (Wildman–Crippen MR) is 128 cm³/mol. The van der Waals surface area contributed by atoms with Crippen LogP contribution in [0.2, 0.25) is 0 Å². The maximum absolute atomic E-state index is 12.0. The first-order valence-electron chi connectivity index (χ1n) is 9.83. The van der Waals surface area contributed by atoms with Crippen LogP contribution in [-0.4, -0.2) is 53.7 Å². The van der Waals surface area contributed by atoms with Gasteiger partial charge in [0.05, 0.1) is 11.7 Å². The fourth-order valence-corrected chi connectivity index (χ4v) is 4.43. The monoisotopic (exact) mass is 443 g/mol. The highest BCUT2D eigenvalue weighted by atomic mass is 32.2. The normalized spacial score (nSPS) is 17.4. The summed E-state index contributed by atoms with van der Waals surface area (Å²) in [6.45, 7) is 0.0146. The van der Waals surface area contributed by atoms with Crippen LogP contribution in [0, 0.1) is 0 Å². The quantitative estimate of drug-likeness (QED) is 0.575. The van der Waals surface area contributed by atoms with Crippen molar-refractivity contribution in [3.8, 4) is 5.75 Å². The Bertz CT molecular complexity index is 1390. The van der Waals surface area contributed by atoms with Gasteiger partial charge in [0.1, 0.15) is 11.9 Å². The summed E-state index contributed by atoms with van der Waals surface area (Å²) >= 11 is 1.50. The van der Waals surface area contributed by atoms with E-state index in [9.17, 15) is 4.79 Å². The number of allylic oxidation sites excluding steroid dienone is 4. The second-order valence-corrected chi connectivity index (χ2v) is 8.22. The molecule has 0 bridgehead atoms. The van der Waals surface area contributed by atoms with Crippen LogP contribution in [0.5, 0.6) is 5.75 Å². The number of benzene rings is 1. The number of hydrogen-bond donors (Lipinski definition) is 1. The van der Waals surface area contributed by atoms with Crippen molar-refractivity contribution in [2.45, 2.75) is 4.90 Å². The third-order valence-electron chi connectivity index (χ3n) is 5.26. The number of amides is 1. The lowest BCUT2D eigenvalue weighted by atomic mass is 10.1. The molecule has 2 aromatic rings. The van der Waals surface area contributed by atoms with Crippen molar-refractivity contribution in [2.24, 2.45) is 10.7 Å². The molecular formula is C23H19N6O2S+. The summed E-state index contributed by atoms with van der Waals surface area (Å²) < 4.78 is 10.2. The molecule has 0 spiro atoms. The van der Waals surface area contributed by atoms with Gasteiger partial charge in [-0.1, -0.05) is 0 Å². The molecule has 0 radical (unpaired) electrons. The number of likely N-dealkylation sites (N-methyl/N-ethyl adjacent to an activating group) is 1. The van der Waals surface area contributed by atoms with Gasteiger partial charge in [0.25, 0.3) is 5.91 Å². The van der Waals surface area contributed by atoms with Gasteiger partial charge < -0.3 is 15.4 Å². The molecule has 32 heavy (non-hydrogen) atoms. The largest absolute Gasteiger partial charge is 0.481 e. The molecule has 3 aliphatic heterocycles. The summed E-state index contributed by atoms with van der Waals surface area (Å²) in [7, 11) is 3.44. The van der Waals surface area contributed by atoms with Crippen LogP contribution in [0.1, 0.15) is 0 Å². The molecule has 0 atom stereocenters. The average Bonchev–Trinajstić information content (AvgIpc) is 3.21. The Balaban J connectivity index is 1.48. The summed E-state index contributed by atoms with van der Waals surface area (Å²) in [6, 6.07) is 5.94. The van der Waals surface area contributed by atoms with Crippen LogP contribution in [0.25, 0.3) is 10.9 Å². The zero-order valence-electron chi connectivity index (χ0n) is 17.4. The summed E-state index contributed by atoms with van der Waals surface area (Å²) in [4.78, 5) is 25.0. The van der Waals surface area contributed by atoms with E-state index in [1.165, 1.54) is 18.0 Å². The number of pyridine rings is 1. The van der Waals surface area contributed by atoms with Gasteiger partial charge in [0, 0.05) is 59.7 Å². The fourth-order valence-electron chi connectivity index (χ4n) is 3.57. The zero-order valence-corrected chi connectivity index (χ0v) is 18.3. The van der Waals surface area contributed by atoms with Gasteiger partial charge in [-0.25, -0.2) is 0 Å². The van der Waals surface area contributed by atoms with Crippen molar-refractivity contribution in [3.63, 3.8) is 0 Å². The van der Waals surface area contributed by atoms with E-state index in [1.807, 2.05) is 41.5 Å². The minimum Gasteiger partial charge on any atom is -0.481 e. The minimum atomic E-state index is -0.0987. The summed E-state index contributed by atoms with van der Waals surface area (Å²) in [6.07, 6.45) is 10.8. The van der Waals surface area contributed by atoms with Crippen molar-refractivity contribution in [3.05, 3.63) is 65.8 Å². The summed E-state index contributed by atoms with van der Waals surface area (Å²) in [5.74, 6) is 3.61. The lowest BCUT2D eigenvalue weighted by Gasteiger charge is -2.26. The molecule has 0 aliphatic carbocycles. The number of thioether (sulfide) groups is 1. The fraction of sp³-hybridized carbons (Fsp3) is 0.130. The van der Waals surface area contributed by atoms with Crippen LogP contribution in [0.15, 0.2) is 75.7 Å². The molecule has 0 saturated heterocycles. The third-order valence-corrected chi connectivity index (χ3v) is 6.22. The molecule has 0 saturated carbocycles. The topological polar surface area (TPSA) is 98.1 Å². The van der Waals surface area contributed by atoms with Crippen LogP contribution in [0.3, 0.4) is 0 Å². The Labute approximate surface area is 188 Å². The number of hydrogen-bond acceptors (Lipinski definition) is 7. The first kappa shape index (κ1) is 19.9. The maximum atomic E-state index is 12.0. The average molecular weight is 444 g/mol. The predicted octanol–water partition coefficient (Wildman–Crippen LogP) is 1.97. The van der Waals surface area contributed by atoms with Gasteiger partial charge in [0.15, 0.2) is 12.4 Å². The molecule has 0 unspecified atom stereocenters. The van der Waals surface area contributed by atoms with E-state index in [0.717, 1.165) is 37.8 Å². The lowest BCUT2D eigenvalue weighted by molar-refractivity contribution is -0.120. The number of aromatic nitrogens is 1. The Morgan fingerprint density at radius 3 is 3.09 bits per heavy atom. The third kappa shape index (κ3) is 3.31. The number of rotatable bonds is 3. The highest BCUT2D eigenvalue weighted by Crippen LogP contribution is 2.39. The lowest BCUT2D eigenvalue weighted by Crippen LogP contribution is -2.35. The van der Waals surface area contributed by atoms with Gasteiger partial charge in [-0.05, 0) is 30.4 Å². The molecule has 8 nitrogen and oxygen atoms in total. The summed E-state index contributed by atoms with van der Waals surface area (Å²) in [5, 5.41) is 1.61. The van der Waals surface area contributed by atoms with Gasteiger partial charge >= 0.3 is 5.17 Å². The number of nitrogens with two attached hydrogens (primary N) is 1. The van der Waals surface area contributed by atoms with E-state index in [1.54, 1.807) is 31.4 Å². The van der Waals surface area contributed by atoms with Crippen molar-refractivity contribution in [1.82, 2.24) is 14.6 Å². The molecule has 5 rings (SSSR count). The summed E-state index contributed by atoms with van der Waals surface area (Å²) in [5.41, 5.74) is 9.83. The van der Waals surface area contributed by atoms with Crippen LogP contribution in [-0.2, 0) is 4.79 Å². The molecule has 3 aliphatic rings. The molecule has 9 heteroatoms.